The number of urea groups is 1. The highest BCUT2D eigenvalue weighted by Crippen LogP contribution is 2.32. The first kappa shape index (κ1) is 14.5. The normalized spacial score (nSPS) is 22.1. The van der Waals surface area contributed by atoms with Gasteiger partial charge in [-0.05, 0) is 31.0 Å². The van der Waals surface area contributed by atoms with E-state index in [2.05, 4.69) is 5.32 Å². The number of benzene rings is 1. The van der Waals surface area contributed by atoms with Gasteiger partial charge < -0.3 is 5.32 Å². The van der Waals surface area contributed by atoms with Gasteiger partial charge in [-0.25, -0.2) is 4.79 Å². The fraction of sp³-hybridized carbons (Fsp3) is 0.357. The smallest absolute Gasteiger partial charge is 0.319 e. The molecule has 1 heterocycles. The maximum Gasteiger partial charge on any atom is 0.325 e. The van der Waals surface area contributed by atoms with E-state index >= 15 is 0 Å². The van der Waals surface area contributed by atoms with Gasteiger partial charge in [0.2, 0.25) is 0 Å². The molecule has 6 heteroatoms. The van der Waals surface area contributed by atoms with E-state index in [1.54, 1.807) is 24.3 Å². The number of hydrogen-bond acceptors (Lipinski definition) is 3. The number of imide groups is 1. The van der Waals surface area contributed by atoms with Crippen LogP contribution in [-0.4, -0.2) is 29.2 Å². The monoisotopic (exact) mass is 294 g/mol. The molecule has 1 aromatic rings. The van der Waals surface area contributed by atoms with Crippen LogP contribution in [0.2, 0.25) is 5.02 Å². The SMILES string of the molecule is CCC1(c2ccc(Cl)cc2)NC(=O)N(CC(C)=O)C1=O. The molecule has 5 nitrogen and oxygen atoms in total. The van der Waals surface area contributed by atoms with Crippen LogP contribution in [0.5, 0.6) is 0 Å². The van der Waals surface area contributed by atoms with E-state index < -0.39 is 17.5 Å². The van der Waals surface area contributed by atoms with Crippen LogP contribution in [0, 0.1) is 0 Å². The third kappa shape index (κ3) is 2.29. The van der Waals surface area contributed by atoms with E-state index in [1.165, 1.54) is 6.92 Å². The predicted molar refractivity (Wildman–Crippen MR) is 74.3 cm³/mol. The summed E-state index contributed by atoms with van der Waals surface area (Å²) < 4.78 is 0. The van der Waals surface area contributed by atoms with Crippen LogP contribution in [0.1, 0.15) is 25.8 Å². The summed E-state index contributed by atoms with van der Waals surface area (Å²) in [6.45, 7) is 2.94. The van der Waals surface area contributed by atoms with Crippen molar-refractivity contribution in [2.45, 2.75) is 25.8 Å². The summed E-state index contributed by atoms with van der Waals surface area (Å²) in [5, 5.41) is 3.25. The molecule has 1 aromatic carbocycles. The van der Waals surface area contributed by atoms with E-state index in [1.807, 2.05) is 6.92 Å². The number of carbonyl (C=O) groups excluding carboxylic acids is 3. The van der Waals surface area contributed by atoms with Gasteiger partial charge in [0.25, 0.3) is 5.91 Å². The minimum absolute atomic E-state index is 0.208. The maximum atomic E-state index is 12.5. The Kier molecular flexibility index (Phi) is 3.81. The summed E-state index contributed by atoms with van der Waals surface area (Å²) in [5.74, 6) is -0.640. The number of hydrogen-bond donors (Lipinski definition) is 1. The molecule has 1 atom stereocenters. The number of Topliss-reactive ketones (excluding diaryl/α,β-unsaturated/α-hetero) is 1. The summed E-state index contributed by atoms with van der Waals surface area (Å²) in [6, 6.07) is 6.22. The minimum atomic E-state index is -1.11. The Morgan fingerprint density at radius 3 is 2.40 bits per heavy atom. The van der Waals surface area contributed by atoms with Crippen molar-refractivity contribution < 1.29 is 14.4 Å². The molecule has 3 amide bonds. The van der Waals surface area contributed by atoms with Crippen LogP contribution in [0.15, 0.2) is 24.3 Å². The lowest BCUT2D eigenvalue weighted by Gasteiger charge is -2.25. The molecular weight excluding hydrogens is 280 g/mol. The number of nitrogens with one attached hydrogen (secondary N) is 1. The summed E-state index contributed by atoms with van der Waals surface area (Å²) in [6.07, 6.45) is 0.396. The maximum absolute atomic E-state index is 12.5. The second kappa shape index (κ2) is 5.25. The van der Waals surface area contributed by atoms with E-state index in [9.17, 15) is 14.4 Å². The number of nitrogens with zero attached hydrogens (tertiary/aromatic N) is 1. The first-order valence-corrected chi connectivity index (χ1v) is 6.68. The number of rotatable bonds is 4. The third-order valence-electron chi connectivity index (χ3n) is 3.42. The first-order valence-electron chi connectivity index (χ1n) is 6.30. The molecular formula is C14H15ClN2O3. The Morgan fingerprint density at radius 1 is 1.30 bits per heavy atom. The average Bonchev–Trinajstić information content (AvgIpc) is 2.64. The van der Waals surface area contributed by atoms with Crippen molar-refractivity contribution in [2.24, 2.45) is 0 Å². The Morgan fingerprint density at radius 2 is 1.90 bits per heavy atom. The molecule has 1 N–H and O–H groups in total. The van der Waals surface area contributed by atoms with Gasteiger partial charge in [-0.15, -0.1) is 0 Å². The summed E-state index contributed by atoms with van der Waals surface area (Å²) in [7, 11) is 0. The highest BCUT2D eigenvalue weighted by atomic mass is 35.5. The summed E-state index contributed by atoms with van der Waals surface area (Å²) in [5.41, 5.74) is -0.453. The van der Waals surface area contributed by atoms with Crippen LogP contribution in [-0.2, 0) is 15.1 Å². The molecule has 0 spiro atoms. The van der Waals surface area contributed by atoms with Crippen LogP contribution >= 0.6 is 11.6 Å². The Bertz CT molecular complexity index is 570. The van der Waals surface area contributed by atoms with Crippen LogP contribution < -0.4 is 5.32 Å². The van der Waals surface area contributed by atoms with Gasteiger partial charge in [0.15, 0.2) is 0 Å². The molecule has 1 aliphatic rings. The fourth-order valence-corrected chi connectivity index (χ4v) is 2.49. The zero-order chi connectivity index (χ0) is 14.9. The standard InChI is InChI=1S/C14H15ClN2O3/c1-3-14(10-4-6-11(15)7-5-10)12(19)17(8-9(2)18)13(20)16-14/h4-7H,3,8H2,1-2H3,(H,16,20). The number of halogens is 1. The molecule has 1 fully saturated rings. The molecule has 106 valence electrons. The number of carbonyl (C=O) groups is 3. The second-order valence-electron chi connectivity index (χ2n) is 4.79. The van der Waals surface area contributed by atoms with E-state index in [0.29, 0.717) is 17.0 Å². The van der Waals surface area contributed by atoms with Crippen molar-refractivity contribution in [2.75, 3.05) is 6.54 Å². The van der Waals surface area contributed by atoms with Gasteiger partial charge in [0.05, 0.1) is 6.54 Å². The van der Waals surface area contributed by atoms with Crippen LogP contribution in [0.3, 0.4) is 0 Å². The lowest BCUT2D eigenvalue weighted by Crippen LogP contribution is -2.43. The molecule has 20 heavy (non-hydrogen) atoms. The van der Waals surface area contributed by atoms with E-state index in [-0.39, 0.29) is 12.3 Å². The Labute approximate surface area is 121 Å². The molecule has 0 aliphatic carbocycles. The average molecular weight is 295 g/mol. The second-order valence-corrected chi connectivity index (χ2v) is 5.23. The number of amides is 3. The summed E-state index contributed by atoms with van der Waals surface area (Å²) >= 11 is 5.84. The molecule has 1 unspecified atom stereocenters. The minimum Gasteiger partial charge on any atom is -0.319 e. The van der Waals surface area contributed by atoms with Crippen molar-refractivity contribution in [1.29, 1.82) is 0 Å². The molecule has 2 rings (SSSR count). The van der Waals surface area contributed by atoms with Gasteiger partial charge in [0.1, 0.15) is 11.3 Å². The van der Waals surface area contributed by atoms with Gasteiger partial charge in [-0.2, -0.15) is 0 Å². The van der Waals surface area contributed by atoms with Crippen molar-refractivity contribution in [3.63, 3.8) is 0 Å². The predicted octanol–water partition coefficient (Wildman–Crippen LogP) is 2.09. The topological polar surface area (TPSA) is 66.5 Å². The largest absolute Gasteiger partial charge is 0.325 e. The fourth-order valence-electron chi connectivity index (χ4n) is 2.37. The Hall–Kier alpha value is -1.88. The van der Waals surface area contributed by atoms with Gasteiger partial charge in [-0.3, -0.25) is 14.5 Å². The molecule has 0 radical (unpaired) electrons. The Balaban J connectivity index is 2.42. The quantitative estimate of drug-likeness (QED) is 0.865. The van der Waals surface area contributed by atoms with Crippen molar-refractivity contribution in [3.8, 4) is 0 Å². The molecule has 0 aromatic heterocycles. The van der Waals surface area contributed by atoms with Crippen LogP contribution in [0.25, 0.3) is 0 Å². The van der Waals surface area contributed by atoms with E-state index in [0.717, 1.165) is 4.90 Å². The summed E-state index contributed by atoms with van der Waals surface area (Å²) in [4.78, 5) is 36.6. The molecule has 1 aliphatic heterocycles. The highest BCUT2D eigenvalue weighted by molar-refractivity contribution is 6.30. The molecule has 0 bridgehead atoms. The van der Waals surface area contributed by atoms with Gasteiger partial charge in [-0.1, -0.05) is 30.7 Å². The third-order valence-corrected chi connectivity index (χ3v) is 3.68. The van der Waals surface area contributed by atoms with E-state index in [4.69, 9.17) is 11.6 Å². The lowest BCUT2D eigenvalue weighted by molar-refractivity contribution is -0.134. The number of ketones is 1. The zero-order valence-electron chi connectivity index (χ0n) is 11.3. The zero-order valence-corrected chi connectivity index (χ0v) is 12.0. The highest BCUT2D eigenvalue weighted by Gasteiger charge is 2.51. The van der Waals surface area contributed by atoms with Crippen molar-refractivity contribution in [3.05, 3.63) is 34.9 Å². The molecule has 0 saturated carbocycles. The lowest BCUT2D eigenvalue weighted by atomic mass is 9.87. The van der Waals surface area contributed by atoms with Crippen LogP contribution in [0.4, 0.5) is 4.79 Å². The van der Waals surface area contributed by atoms with Gasteiger partial charge >= 0.3 is 6.03 Å². The van der Waals surface area contributed by atoms with Crippen molar-refractivity contribution >= 4 is 29.3 Å². The molecule has 1 saturated heterocycles. The first-order chi connectivity index (χ1) is 9.40. The van der Waals surface area contributed by atoms with Crippen molar-refractivity contribution in [1.82, 2.24) is 10.2 Å². The van der Waals surface area contributed by atoms with Gasteiger partial charge in [0, 0.05) is 5.02 Å².